The van der Waals surface area contributed by atoms with E-state index in [1.54, 1.807) is 30.7 Å². The molecule has 1 aliphatic carbocycles. The molecule has 0 saturated heterocycles. The summed E-state index contributed by atoms with van der Waals surface area (Å²) in [6.07, 6.45) is 3.60. The molecule has 3 aromatic rings. The van der Waals surface area contributed by atoms with Crippen molar-refractivity contribution in [1.82, 2.24) is 15.6 Å². The number of aromatic nitrogens is 1. The molecule has 2 N–H and O–H groups in total. The Kier molecular flexibility index (Phi) is 4.94. The van der Waals surface area contributed by atoms with Crippen molar-refractivity contribution in [1.29, 1.82) is 0 Å². The fraction of sp³-hybridized carbons (Fsp3) is 0.300. The summed E-state index contributed by atoms with van der Waals surface area (Å²) in [4.78, 5) is 9.74. The molecule has 0 atom stereocenters. The highest BCUT2D eigenvalue weighted by Crippen LogP contribution is 2.48. The predicted octanol–water partition coefficient (Wildman–Crippen LogP) is 3.94. The molecular weight excluding hydrogens is 363 g/mol. The largest absolute Gasteiger partial charge is 0.443 e. The molecule has 4 rings (SSSR count). The van der Waals surface area contributed by atoms with Crippen molar-refractivity contribution in [2.45, 2.75) is 24.8 Å². The maximum Gasteiger partial charge on any atom is 0.236 e. The van der Waals surface area contributed by atoms with Gasteiger partial charge in [-0.1, -0.05) is 24.3 Å². The lowest BCUT2D eigenvalue weighted by Gasteiger charge is -2.19. The summed E-state index contributed by atoms with van der Waals surface area (Å²) >= 11 is 1.59. The highest BCUT2D eigenvalue weighted by Gasteiger charge is 2.45. The SMILES string of the molecule is CN=C(NCc1coc(-c2cccs2)n1)NCC1(c2ccccc2F)CC1. The van der Waals surface area contributed by atoms with Crippen LogP contribution >= 0.6 is 11.3 Å². The van der Waals surface area contributed by atoms with E-state index in [0.717, 1.165) is 29.0 Å². The highest BCUT2D eigenvalue weighted by molar-refractivity contribution is 7.13. The van der Waals surface area contributed by atoms with Crippen LogP contribution in [0, 0.1) is 5.82 Å². The molecule has 27 heavy (non-hydrogen) atoms. The first-order chi connectivity index (χ1) is 13.2. The summed E-state index contributed by atoms with van der Waals surface area (Å²) in [6, 6.07) is 11.0. The highest BCUT2D eigenvalue weighted by atomic mass is 32.1. The van der Waals surface area contributed by atoms with E-state index in [-0.39, 0.29) is 11.2 Å². The number of guanidine groups is 1. The van der Waals surface area contributed by atoms with E-state index in [1.165, 1.54) is 6.07 Å². The molecule has 0 amide bonds. The van der Waals surface area contributed by atoms with E-state index >= 15 is 0 Å². The normalized spacial score (nSPS) is 15.6. The summed E-state index contributed by atoms with van der Waals surface area (Å²) < 4.78 is 19.7. The lowest BCUT2D eigenvalue weighted by molar-refractivity contribution is 0.559. The van der Waals surface area contributed by atoms with Gasteiger partial charge in [-0.3, -0.25) is 4.99 Å². The second-order valence-corrected chi connectivity index (χ2v) is 7.61. The van der Waals surface area contributed by atoms with Crippen molar-refractivity contribution >= 4 is 17.3 Å². The van der Waals surface area contributed by atoms with Crippen LogP contribution in [0.4, 0.5) is 4.39 Å². The Balaban J connectivity index is 1.33. The zero-order valence-corrected chi connectivity index (χ0v) is 15.9. The number of benzene rings is 1. The smallest absolute Gasteiger partial charge is 0.236 e. The standard InChI is InChI=1S/C20H21FN4OS/c1-22-19(23-11-14-12-26-18(25-14)17-7-4-10-27-17)24-13-20(8-9-20)15-5-2-3-6-16(15)21/h2-7,10,12H,8-9,11,13H2,1H3,(H2,22,23,24). The molecule has 0 aliphatic heterocycles. The summed E-state index contributed by atoms with van der Waals surface area (Å²) in [5.74, 6) is 1.16. The molecule has 1 fully saturated rings. The summed E-state index contributed by atoms with van der Waals surface area (Å²) in [7, 11) is 1.72. The first kappa shape index (κ1) is 17.7. The Morgan fingerprint density at radius 3 is 2.81 bits per heavy atom. The lowest BCUT2D eigenvalue weighted by atomic mass is 9.95. The van der Waals surface area contributed by atoms with Gasteiger partial charge in [0.05, 0.1) is 17.1 Å². The number of hydrogen-bond acceptors (Lipinski definition) is 4. The van der Waals surface area contributed by atoms with Crippen LogP contribution in [0.1, 0.15) is 24.1 Å². The Bertz CT molecular complexity index is 931. The molecule has 140 valence electrons. The minimum absolute atomic E-state index is 0.136. The van der Waals surface area contributed by atoms with Crippen molar-refractivity contribution < 1.29 is 8.81 Å². The first-order valence-electron chi connectivity index (χ1n) is 8.88. The second-order valence-electron chi connectivity index (χ2n) is 6.66. The van der Waals surface area contributed by atoms with E-state index in [0.29, 0.717) is 24.9 Å². The Morgan fingerprint density at radius 2 is 2.11 bits per heavy atom. The van der Waals surface area contributed by atoms with Crippen molar-refractivity contribution in [2.24, 2.45) is 4.99 Å². The van der Waals surface area contributed by atoms with Crippen LogP contribution in [-0.4, -0.2) is 24.5 Å². The fourth-order valence-electron chi connectivity index (χ4n) is 3.13. The summed E-state index contributed by atoms with van der Waals surface area (Å²) in [5, 5.41) is 8.55. The van der Waals surface area contributed by atoms with Gasteiger partial charge in [0.15, 0.2) is 5.96 Å². The maximum absolute atomic E-state index is 14.1. The number of halogens is 1. The molecule has 2 aromatic heterocycles. The van der Waals surface area contributed by atoms with Crippen LogP contribution in [0.25, 0.3) is 10.8 Å². The van der Waals surface area contributed by atoms with E-state index in [1.807, 2.05) is 29.6 Å². The molecule has 5 nitrogen and oxygen atoms in total. The first-order valence-corrected chi connectivity index (χ1v) is 9.76. The van der Waals surface area contributed by atoms with Gasteiger partial charge in [-0.05, 0) is 35.9 Å². The van der Waals surface area contributed by atoms with Gasteiger partial charge in [-0.15, -0.1) is 11.3 Å². The zero-order chi connectivity index (χ0) is 18.7. The monoisotopic (exact) mass is 384 g/mol. The third kappa shape index (κ3) is 3.88. The Labute approximate surface area is 161 Å². The van der Waals surface area contributed by atoms with Gasteiger partial charge in [0.25, 0.3) is 0 Å². The number of aliphatic imine (C=N–C) groups is 1. The van der Waals surface area contributed by atoms with Gasteiger partial charge >= 0.3 is 0 Å². The molecular formula is C20H21FN4OS. The van der Waals surface area contributed by atoms with Crippen LogP contribution in [-0.2, 0) is 12.0 Å². The molecule has 7 heteroatoms. The predicted molar refractivity (Wildman–Crippen MR) is 105 cm³/mol. The number of oxazole rings is 1. The summed E-state index contributed by atoms with van der Waals surface area (Å²) in [5.41, 5.74) is 1.45. The number of rotatable bonds is 6. The molecule has 1 saturated carbocycles. The minimum atomic E-state index is -0.136. The van der Waals surface area contributed by atoms with E-state index in [9.17, 15) is 4.39 Å². The average molecular weight is 384 g/mol. The molecule has 0 radical (unpaired) electrons. The summed E-state index contributed by atoms with van der Waals surface area (Å²) in [6.45, 7) is 1.15. The molecule has 0 bridgehead atoms. The fourth-order valence-corrected chi connectivity index (χ4v) is 3.79. The molecule has 0 spiro atoms. The van der Waals surface area contributed by atoms with E-state index in [2.05, 4.69) is 20.6 Å². The van der Waals surface area contributed by atoms with Gasteiger partial charge in [0.1, 0.15) is 12.1 Å². The van der Waals surface area contributed by atoms with Gasteiger partial charge in [0.2, 0.25) is 5.89 Å². The quantitative estimate of drug-likeness (QED) is 0.499. The van der Waals surface area contributed by atoms with Crippen LogP contribution in [0.2, 0.25) is 0 Å². The third-order valence-electron chi connectivity index (χ3n) is 4.84. The van der Waals surface area contributed by atoms with Crippen molar-refractivity contribution in [3.8, 4) is 10.8 Å². The van der Waals surface area contributed by atoms with Crippen molar-refractivity contribution in [2.75, 3.05) is 13.6 Å². The van der Waals surface area contributed by atoms with Crippen molar-refractivity contribution in [3.63, 3.8) is 0 Å². The third-order valence-corrected chi connectivity index (χ3v) is 5.70. The van der Waals surface area contributed by atoms with Crippen molar-refractivity contribution in [3.05, 3.63) is 65.1 Å². The Morgan fingerprint density at radius 1 is 1.26 bits per heavy atom. The average Bonchev–Trinajstić information content (AvgIpc) is 3.09. The zero-order valence-electron chi connectivity index (χ0n) is 15.0. The topological polar surface area (TPSA) is 62.5 Å². The Hall–Kier alpha value is -2.67. The van der Waals surface area contributed by atoms with Crippen LogP contribution < -0.4 is 10.6 Å². The molecule has 1 aliphatic rings. The minimum Gasteiger partial charge on any atom is -0.443 e. The van der Waals surface area contributed by atoms with Crippen LogP contribution in [0.5, 0.6) is 0 Å². The lowest BCUT2D eigenvalue weighted by Crippen LogP contribution is -2.41. The van der Waals surface area contributed by atoms with Crippen LogP contribution in [0.3, 0.4) is 0 Å². The number of nitrogens with one attached hydrogen (secondary N) is 2. The molecule has 1 aromatic carbocycles. The van der Waals surface area contributed by atoms with Gasteiger partial charge in [-0.25, -0.2) is 9.37 Å². The number of nitrogens with zero attached hydrogens (tertiary/aromatic N) is 2. The van der Waals surface area contributed by atoms with Gasteiger partial charge in [-0.2, -0.15) is 0 Å². The number of thiophene rings is 1. The second kappa shape index (κ2) is 7.52. The maximum atomic E-state index is 14.1. The van der Waals surface area contributed by atoms with E-state index < -0.39 is 0 Å². The molecule has 2 heterocycles. The number of hydrogen-bond donors (Lipinski definition) is 2. The van der Waals surface area contributed by atoms with E-state index in [4.69, 9.17) is 4.42 Å². The van der Waals surface area contributed by atoms with Crippen LogP contribution in [0.15, 0.2) is 57.5 Å². The van der Waals surface area contributed by atoms with Gasteiger partial charge < -0.3 is 15.1 Å². The van der Waals surface area contributed by atoms with Gasteiger partial charge in [0, 0.05) is 19.0 Å². The molecule has 0 unspecified atom stereocenters.